The first-order valence-electron chi connectivity index (χ1n) is 5.76. The van der Waals surface area contributed by atoms with Crippen LogP contribution < -0.4 is 10.6 Å². The number of aromatic nitrogens is 1. The van der Waals surface area contributed by atoms with E-state index in [0.717, 1.165) is 23.9 Å². The van der Waals surface area contributed by atoms with E-state index in [1.54, 1.807) is 11.3 Å². The van der Waals surface area contributed by atoms with Crippen LogP contribution in [0.25, 0.3) is 0 Å². The predicted molar refractivity (Wildman–Crippen MR) is 68.9 cm³/mol. The van der Waals surface area contributed by atoms with Gasteiger partial charge in [-0.05, 0) is 26.9 Å². The van der Waals surface area contributed by atoms with E-state index in [0.29, 0.717) is 12.6 Å². The van der Waals surface area contributed by atoms with Crippen molar-refractivity contribution in [3.8, 4) is 0 Å². The summed E-state index contributed by atoms with van der Waals surface area (Å²) in [6.45, 7) is 2.79. The van der Waals surface area contributed by atoms with Crippen LogP contribution >= 0.6 is 11.3 Å². The molecule has 2 N–H and O–H groups in total. The molecule has 0 aliphatic carbocycles. The van der Waals surface area contributed by atoms with Crippen molar-refractivity contribution in [2.75, 3.05) is 32.1 Å². The van der Waals surface area contributed by atoms with Crippen molar-refractivity contribution in [2.24, 2.45) is 5.73 Å². The summed E-state index contributed by atoms with van der Waals surface area (Å²) in [6.07, 6.45) is 2.55. The molecule has 1 aliphatic heterocycles. The molecule has 1 atom stereocenters. The summed E-state index contributed by atoms with van der Waals surface area (Å²) in [7, 11) is 4.26. The smallest absolute Gasteiger partial charge is 0.185 e. The van der Waals surface area contributed by atoms with Gasteiger partial charge < -0.3 is 15.5 Å². The van der Waals surface area contributed by atoms with Gasteiger partial charge in [-0.3, -0.25) is 0 Å². The lowest BCUT2D eigenvalue weighted by molar-refractivity contribution is 0.372. The molecule has 4 nitrogen and oxygen atoms in total. The summed E-state index contributed by atoms with van der Waals surface area (Å²) >= 11 is 1.72. The van der Waals surface area contributed by atoms with E-state index in [2.05, 4.69) is 34.3 Å². The van der Waals surface area contributed by atoms with Crippen molar-refractivity contribution in [1.82, 2.24) is 9.88 Å². The lowest BCUT2D eigenvalue weighted by Gasteiger charge is -2.26. The number of anilines is 1. The molecule has 2 rings (SSSR count). The fourth-order valence-corrected chi connectivity index (χ4v) is 3.16. The molecule has 1 aliphatic rings. The maximum atomic E-state index is 5.59. The molecule has 0 amide bonds. The zero-order valence-corrected chi connectivity index (χ0v) is 10.8. The van der Waals surface area contributed by atoms with Crippen molar-refractivity contribution in [2.45, 2.75) is 25.4 Å². The fraction of sp³-hybridized carbons (Fsp3) is 0.727. The first-order valence-corrected chi connectivity index (χ1v) is 6.64. The molecule has 0 aromatic carbocycles. The number of hydrogen-bond acceptors (Lipinski definition) is 5. The molecule has 0 spiro atoms. The topological polar surface area (TPSA) is 45.4 Å². The Morgan fingerprint density at radius 2 is 2.44 bits per heavy atom. The minimum absolute atomic E-state index is 0.544. The molecule has 0 radical (unpaired) electrons. The molecule has 1 saturated heterocycles. The van der Waals surface area contributed by atoms with Gasteiger partial charge in [0.05, 0.1) is 5.69 Å². The second-order valence-corrected chi connectivity index (χ2v) is 5.41. The summed E-state index contributed by atoms with van der Waals surface area (Å²) in [5, 5.41) is 3.21. The van der Waals surface area contributed by atoms with Crippen molar-refractivity contribution in [3.63, 3.8) is 0 Å². The van der Waals surface area contributed by atoms with E-state index < -0.39 is 0 Å². The van der Waals surface area contributed by atoms with Crippen LogP contribution in [-0.2, 0) is 6.54 Å². The quantitative estimate of drug-likeness (QED) is 0.857. The van der Waals surface area contributed by atoms with Gasteiger partial charge in [0.2, 0.25) is 0 Å². The third kappa shape index (κ3) is 2.53. The number of rotatable bonds is 4. The third-order valence-electron chi connectivity index (χ3n) is 2.95. The van der Waals surface area contributed by atoms with Gasteiger partial charge in [-0.1, -0.05) is 0 Å². The van der Waals surface area contributed by atoms with Gasteiger partial charge >= 0.3 is 0 Å². The predicted octanol–water partition coefficient (Wildman–Crippen LogP) is 1.13. The number of likely N-dealkylation sites (N-methyl/N-ethyl adjacent to an activating group) is 1. The SMILES string of the molecule is CN(C)CC1CCCN1c1nc(CN)cs1. The average molecular weight is 240 g/mol. The van der Waals surface area contributed by atoms with E-state index in [1.165, 1.54) is 12.8 Å². The highest BCUT2D eigenvalue weighted by Gasteiger charge is 2.26. The van der Waals surface area contributed by atoms with Crippen LogP contribution in [0, 0.1) is 0 Å². The van der Waals surface area contributed by atoms with Gasteiger partial charge in [-0.2, -0.15) is 0 Å². The Labute approximate surface area is 101 Å². The Hall–Kier alpha value is -0.650. The highest BCUT2D eigenvalue weighted by Crippen LogP contribution is 2.28. The fourth-order valence-electron chi connectivity index (χ4n) is 2.22. The first kappa shape index (κ1) is 11.8. The minimum Gasteiger partial charge on any atom is -0.344 e. The Bertz CT molecular complexity index is 336. The van der Waals surface area contributed by atoms with Gasteiger partial charge in [0, 0.05) is 31.1 Å². The van der Waals surface area contributed by atoms with E-state index in [9.17, 15) is 0 Å². The summed E-state index contributed by atoms with van der Waals surface area (Å²) in [4.78, 5) is 9.25. The third-order valence-corrected chi connectivity index (χ3v) is 3.87. The minimum atomic E-state index is 0.544. The van der Waals surface area contributed by atoms with Gasteiger partial charge in [0.25, 0.3) is 0 Å². The van der Waals surface area contributed by atoms with Gasteiger partial charge in [0.15, 0.2) is 5.13 Å². The molecule has 1 aromatic rings. The zero-order valence-electron chi connectivity index (χ0n) is 10.0. The molecular weight excluding hydrogens is 220 g/mol. The summed E-state index contributed by atoms with van der Waals surface area (Å²) in [5.41, 5.74) is 6.60. The molecule has 16 heavy (non-hydrogen) atoms. The van der Waals surface area contributed by atoms with Crippen molar-refractivity contribution < 1.29 is 0 Å². The van der Waals surface area contributed by atoms with E-state index in [1.807, 2.05) is 0 Å². The maximum Gasteiger partial charge on any atom is 0.185 e. The Morgan fingerprint density at radius 1 is 1.62 bits per heavy atom. The molecule has 1 fully saturated rings. The Morgan fingerprint density at radius 3 is 3.06 bits per heavy atom. The van der Waals surface area contributed by atoms with Crippen molar-refractivity contribution >= 4 is 16.5 Å². The summed E-state index contributed by atoms with van der Waals surface area (Å²) in [6, 6.07) is 0.617. The van der Waals surface area contributed by atoms with Crippen LogP contribution in [0.3, 0.4) is 0 Å². The van der Waals surface area contributed by atoms with Gasteiger partial charge in [-0.15, -0.1) is 11.3 Å². The summed E-state index contributed by atoms with van der Waals surface area (Å²) in [5.74, 6) is 0. The largest absolute Gasteiger partial charge is 0.344 e. The van der Waals surface area contributed by atoms with Crippen LogP contribution in [0.2, 0.25) is 0 Å². The average Bonchev–Trinajstić information content (AvgIpc) is 2.84. The number of nitrogens with two attached hydrogens (primary N) is 1. The molecule has 90 valence electrons. The second kappa shape index (κ2) is 5.12. The number of nitrogens with zero attached hydrogens (tertiary/aromatic N) is 3. The zero-order chi connectivity index (χ0) is 11.5. The van der Waals surface area contributed by atoms with Crippen LogP contribution in [0.4, 0.5) is 5.13 Å². The first-order chi connectivity index (χ1) is 7.70. The van der Waals surface area contributed by atoms with Crippen molar-refractivity contribution in [1.29, 1.82) is 0 Å². The van der Waals surface area contributed by atoms with Crippen LogP contribution in [0.5, 0.6) is 0 Å². The molecule has 1 unspecified atom stereocenters. The molecule has 5 heteroatoms. The molecular formula is C11H20N4S. The number of thiazole rings is 1. The lowest BCUT2D eigenvalue weighted by atomic mass is 10.2. The van der Waals surface area contributed by atoms with E-state index in [-0.39, 0.29) is 0 Å². The molecule has 1 aromatic heterocycles. The van der Waals surface area contributed by atoms with Crippen LogP contribution in [-0.4, -0.2) is 43.1 Å². The highest BCUT2D eigenvalue weighted by atomic mass is 32.1. The Balaban J connectivity index is 2.07. The molecule has 0 bridgehead atoms. The molecule has 2 heterocycles. The van der Waals surface area contributed by atoms with Gasteiger partial charge in [-0.25, -0.2) is 4.98 Å². The van der Waals surface area contributed by atoms with Crippen LogP contribution in [0.15, 0.2) is 5.38 Å². The maximum absolute atomic E-state index is 5.59. The van der Waals surface area contributed by atoms with Crippen LogP contribution in [0.1, 0.15) is 18.5 Å². The summed E-state index contributed by atoms with van der Waals surface area (Å²) < 4.78 is 0. The normalized spacial score (nSPS) is 21.0. The monoisotopic (exact) mass is 240 g/mol. The van der Waals surface area contributed by atoms with E-state index >= 15 is 0 Å². The standard InChI is InChI=1S/C11H20N4S/c1-14(2)7-10-4-3-5-15(10)11-13-9(6-12)8-16-11/h8,10H,3-7,12H2,1-2H3. The highest BCUT2D eigenvalue weighted by molar-refractivity contribution is 7.13. The number of hydrogen-bond donors (Lipinski definition) is 1. The second-order valence-electron chi connectivity index (χ2n) is 4.58. The lowest BCUT2D eigenvalue weighted by Crippen LogP contribution is -2.37. The van der Waals surface area contributed by atoms with Gasteiger partial charge in [0.1, 0.15) is 0 Å². The van der Waals surface area contributed by atoms with E-state index in [4.69, 9.17) is 5.73 Å². The van der Waals surface area contributed by atoms with Crippen molar-refractivity contribution in [3.05, 3.63) is 11.1 Å². The Kier molecular flexibility index (Phi) is 3.78. The molecule has 0 saturated carbocycles.